The van der Waals surface area contributed by atoms with E-state index in [0.717, 1.165) is 11.3 Å². The van der Waals surface area contributed by atoms with E-state index in [1.165, 1.54) is 11.1 Å². The van der Waals surface area contributed by atoms with E-state index in [9.17, 15) is 0 Å². The maximum absolute atomic E-state index is 5.50. The van der Waals surface area contributed by atoms with E-state index in [2.05, 4.69) is 37.4 Å². The standard InChI is InChI=1S/C18H23NO3/c1-12-8-13(2)10-15(9-12)19-11-14-6-7-16(20-3)18(22-5)17(14)21-4/h6-10,19H,11H2,1-5H3. The van der Waals surface area contributed by atoms with E-state index in [4.69, 9.17) is 14.2 Å². The Morgan fingerprint density at radius 1 is 0.818 bits per heavy atom. The molecule has 22 heavy (non-hydrogen) atoms. The van der Waals surface area contributed by atoms with Crippen molar-refractivity contribution < 1.29 is 14.2 Å². The Hall–Kier alpha value is -2.36. The molecule has 0 aliphatic rings. The number of aryl methyl sites for hydroxylation is 2. The fourth-order valence-corrected chi connectivity index (χ4v) is 2.58. The first-order valence-electron chi connectivity index (χ1n) is 7.19. The van der Waals surface area contributed by atoms with Crippen molar-refractivity contribution >= 4 is 5.69 Å². The zero-order valence-corrected chi connectivity index (χ0v) is 13.8. The number of benzene rings is 2. The topological polar surface area (TPSA) is 39.7 Å². The third kappa shape index (κ3) is 3.45. The van der Waals surface area contributed by atoms with Gasteiger partial charge in [0.15, 0.2) is 11.5 Å². The molecule has 0 aromatic heterocycles. The van der Waals surface area contributed by atoms with Crippen LogP contribution in [0.15, 0.2) is 30.3 Å². The van der Waals surface area contributed by atoms with Gasteiger partial charge in [0.05, 0.1) is 21.3 Å². The second kappa shape index (κ2) is 7.07. The van der Waals surface area contributed by atoms with Gasteiger partial charge >= 0.3 is 0 Å². The van der Waals surface area contributed by atoms with E-state index in [1.54, 1.807) is 21.3 Å². The zero-order valence-electron chi connectivity index (χ0n) is 13.8. The summed E-state index contributed by atoms with van der Waals surface area (Å²) in [5.41, 5.74) is 4.58. The van der Waals surface area contributed by atoms with Crippen LogP contribution in [0.2, 0.25) is 0 Å². The normalized spacial score (nSPS) is 10.2. The Balaban J connectivity index is 2.25. The minimum absolute atomic E-state index is 0.615. The summed E-state index contributed by atoms with van der Waals surface area (Å²) >= 11 is 0. The van der Waals surface area contributed by atoms with Crippen LogP contribution < -0.4 is 19.5 Å². The zero-order chi connectivity index (χ0) is 16.1. The molecule has 0 bridgehead atoms. The molecule has 0 aliphatic heterocycles. The second-order valence-electron chi connectivity index (χ2n) is 5.22. The van der Waals surface area contributed by atoms with Gasteiger partial charge in [-0.3, -0.25) is 0 Å². The molecule has 4 heteroatoms. The van der Waals surface area contributed by atoms with Gasteiger partial charge in [-0.25, -0.2) is 0 Å². The van der Waals surface area contributed by atoms with Crippen molar-refractivity contribution in [3.63, 3.8) is 0 Å². The number of methoxy groups -OCH3 is 3. The van der Waals surface area contributed by atoms with Crippen LogP contribution in [-0.4, -0.2) is 21.3 Å². The quantitative estimate of drug-likeness (QED) is 0.877. The Morgan fingerprint density at radius 2 is 1.45 bits per heavy atom. The minimum atomic E-state index is 0.615. The highest BCUT2D eigenvalue weighted by atomic mass is 16.5. The smallest absolute Gasteiger partial charge is 0.203 e. The molecular weight excluding hydrogens is 278 g/mol. The van der Waals surface area contributed by atoms with Gasteiger partial charge in [-0.2, -0.15) is 0 Å². The highest BCUT2D eigenvalue weighted by Crippen LogP contribution is 2.39. The molecule has 0 fully saturated rings. The van der Waals surface area contributed by atoms with Gasteiger partial charge in [-0.05, 0) is 49.2 Å². The molecule has 0 saturated heterocycles. The summed E-state index contributed by atoms with van der Waals surface area (Å²) in [5, 5.41) is 3.43. The minimum Gasteiger partial charge on any atom is -0.493 e. The summed E-state index contributed by atoms with van der Waals surface area (Å²) in [6.07, 6.45) is 0. The molecule has 0 unspecified atom stereocenters. The number of rotatable bonds is 6. The predicted molar refractivity (Wildman–Crippen MR) is 89.3 cm³/mol. The molecule has 0 atom stereocenters. The lowest BCUT2D eigenvalue weighted by Crippen LogP contribution is -2.04. The number of hydrogen-bond donors (Lipinski definition) is 1. The van der Waals surface area contributed by atoms with Crippen LogP contribution in [0.1, 0.15) is 16.7 Å². The molecule has 2 aromatic carbocycles. The highest BCUT2D eigenvalue weighted by molar-refractivity contribution is 5.57. The Kier molecular flexibility index (Phi) is 5.15. The highest BCUT2D eigenvalue weighted by Gasteiger charge is 2.15. The van der Waals surface area contributed by atoms with Crippen molar-refractivity contribution in [2.75, 3.05) is 26.6 Å². The Morgan fingerprint density at radius 3 is 2.00 bits per heavy atom. The molecule has 0 radical (unpaired) electrons. The number of nitrogens with one attached hydrogen (secondary N) is 1. The maximum atomic E-state index is 5.50. The number of anilines is 1. The van der Waals surface area contributed by atoms with E-state index >= 15 is 0 Å². The third-order valence-electron chi connectivity index (χ3n) is 3.49. The lowest BCUT2D eigenvalue weighted by atomic mass is 10.1. The first kappa shape index (κ1) is 16.0. The average Bonchev–Trinajstić information content (AvgIpc) is 2.50. The van der Waals surface area contributed by atoms with Gasteiger partial charge in [0.2, 0.25) is 5.75 Å². The average molecular weight is 301 g/mol. The predicted octanol–water partition coefficient (Wildman–Crippen LogP) is 3.94. The molecule has 4 nitrogen and oxygen atoms in total. The first-order valence-corrected chi connectivity index (χ1v) is 7.19. The van der Waals surface area contributed by atoms with E-state index in [0.29, 0.717) is 23.8 Å². The van der Waals surface area contributed by atoms with Crippen molar-refractivity contribution in [3.8, 4) is 17.2 Å². The molecule has 0 heterocycles. The van der Waals surface area contributed by atoms with Gasteiger partial charge < -0.3 is 19.5 Å². The summed E-state index contributed by atoms with van der Waals surface area (Å²) in [6.45, 7) is 4.83. The van der Waals surface area contributed by atoms with Gasteiger partial charge in [0.25, 0.3) is 0 Å². The molecule has 0 aliphatic carbocycles. The summed E-state index contributed by atoms with van der Waals surface area (Å²) in [6, 6.07) is 10.3. The Labute approximate surface area is 132 Å². The third-order valence-corrected chi connectivity index (χ3v) is 3.49. The van der Waals surface area contributed by atoms with E-state index in [-0.39, 0.29) is 0 Å². The van der Waals surface area contributed by atoms with Gasteiger partial charge in [-0.15, -0.1) is 0 Å². The van der Waals surface area contributed by atoms with Gasteiger partial charge in [0, 0.05) is 17.8 Å². The van der Waals surface area contributed by atoms with E-state index in [1.807, 2.05) is 12.1 Å². The number of ether oxygens (including phenoxy) is 3. The van der Waals surface area contributed by atoms with Gasteiger partial charge in [0.1, 0.15) is 0 Å². The first-order chi connectivity index (χ1) is 10.6. The van der Waals surface area contributed by atoms with Crippen molar-refractivity contribution in [2.45, 2.75) is 20.4 Å². The molecule has 0 amide bonds. The molecular formula is C18H23NO3. The van der Waals surface area contributed by atoms with Crippen molar-refractivity contribution in [1.82, 2.24) is 0 Å². The summed E-state index contributed by atoms with van der Waals surface area (Å²) < 4.78 is 16.2. The van der Waals surface area contributed by atoms with Crippen LogP contribution in [0.5, 0.6) is 17.2 Å². The van der Waals surface area contributed by atoms with Gasteiger partial charge in [-0.1, -0.05) is 6.07 Å². The van der Waals surface area contributed by atoms with Crippen LogP contribution in [0.3, 0.4) is 0 Å². The second-order valence-corrected chi connectivity index (χ2v) is 5.22. The largest absolute Gasteiger partial charge is 0.493 e. The van der Waals surface area contributed by atoms with Crippen LogP contribution in [0.4, 0.5) is 5.69 Å². The number of hydrogen-bond acceptors (Lipinski definition) is 4. The fraction of sp³-hybridized carbons (Fsp3) is 0.333. The Bertz CT molecular complexity index is 633. The summed E-state index contributed by atoms with van der Waals surface area (Å²) in [4.78, 5) is 0. The van der Waals surface area contributed by atoms with Crippen LogP contribution >= 0.6 is 0 Å². The van der Waals surface area contributed by atoms with Crippen molar-refractivity contribution in [3.05, 3.63) is 47.0 Å². The van der Waals surface area contributed by atoms with Crippen LogP contribution in [0, 0.1) is 13.8 Å². The molecule has 118 valence electrons. The summed E-state index contributed by atoms with van der Waals surface area (Å²) in [7, 11) is 4.86. The lowest BCUT2D eigenvalue weighted by Gasteiger charge is -2.16. The SMILES string of the molecule is COc1ccc(CNc2cc(C)cc(C)c2)c(OC)c1OC. The maximum Gasteiger partial charge on any atom is 0.203 e. The lowest BCUT2D eigenvalue weighted by molar-refractivity contribution is 0.322. The summed E-state index contributed by atoms with van der Waals surface area (Å²) in [5.74, 6) is 1.97. The van der Waals surface area contributed by atoms with Crippen molar-refractivity contribution in [1.29, 1.82) is 0 Å². The van der Waals surface area contributed by atoms with E-state index < -0.39 is 0 Å². The van der Waals surface area contributed by atoms with Crippen molar-refractivity contribution in [2.24, 2.45) is 0 Å². The molecule has 0 saturated carbocycles. The molecule has 0 spiro atoms. The fourth-order valence-electron chi connectivity index (χ4n) is 2.58. The molecule has 1 N–H and O–H groups in total. The van der Waals surface area contributed by atoms with Crippen LogP contribution in [0.25, 0.3) is 0 Å². The molecule has 2 rings (SSSR count). The monoisotopic (exact) mass is 301 g/mol. The molecule has 2 aromatic rings. The van der Waals surface area contributed by atoms with Crippen LogP contribution in [-0.2, 0) is 6.54 Å².